The molecule has 0 spiro atoms. The van der Waals surface area contributed by atoms with Crippen LogP contribution in [0, 0.1) is 0 Å². The van der Waals surface area contributed by atoms with Gasteiger partial charge in [-0.25, -0.2) is 0 Å². The maximum atomic E-state index is 5.70. The summed E-state index contributed by atoms with van der Waals surface area (Å²) >= 11 is 5.70. The Kier molecular flexibility index (Phi) is 3.94. The van der Waals surface area contributed by atoms with Crippen LogP contribution >= 0.6 is 11.6 Å². The van der Waals surface area contributed by atoms with Crippen molar-refractivity contribution in [1.29, 1.82) is 0 Å². The van der Waals surface area contributed by atoms with E-state index in [-0.39, 0.29) is 0 Å². The van der Waals surface area contributed by atoms with Crippen LogP contribution in [0.4, 0.5) is 5.69 Å². The Morgan fingerprint density at radius 1 is 1.24 bits per heavy atom. The zero-order chi connectivity index (χ0) is 12.1. The Bertz CT molecular complexity index is 482. The lowest BCUT2D eigenvalue weighted by Crippen LogP contribution is -2.01. The zero-order valence-electron chi connectivity index (χ0n) is 9.57. The molecule has 90 valence electrons. The van der Waals surface area contributed by atoms with Crippen LogP contribution in [0.2, 0.25) is 5.22 Å². The fourth-order valence-corrected chi connectivity index (χ4v) is 1.69. The zero-order valence-corrected chi connectivity index (χ0v) is 10.3. The first-order chi connectivity index (χ1) is 8.29. The first-order valence-electron chi connectivity index (χ1n) is 5.49. The standard InChI is InChI=1S/C13H14ClNO2/c1-2-16-12-6-4-3-5-11(12)15-9-10-7-8-13(14)17-10/h3-8,15H,2,9H2,1H3. The number of para-hydroxylation sites is 2. The summed E-state index contributed by atoms with van der Waals surface area (Å²) < 4.78 is 10.8. The van der Waals surface area contributed by atoms with Crippen molar-refractivity contribution < 1.29 is 9.15 Å². The van der Waals surface area contributed by atoms with Gasteiger partial charge in [0, 0.05) is 0 Å². The lowest BCUT2D eigenvalue weighted by molar-refractivity contribution is 0.341. The third-order valence-electron chi connectivity index (χ3n) is 2.27. The minimum atomic E-state index is 0.403. The number of hydrogen-bond acceptors (Lipinski definition) is 3. The Labute approximate surface area is 105 Å². The van der Waals surface area contributed by atoms with Crippen molar-refractivity contribution in [2.45, 2.75) is 13.5 Å². The minimum absolute atomic E-state index is 0.403. The lowest BCUT2D eigenvalue weighted by Gasteiger charge is -2.10. The van der Waals surface area contributed by atoms with E-state index in [1.807, 2.05) is 37.3 Å². The molecule has 4 heteroatoms. The van der Waals surface area contributed by atoms with Gasteiger partial charge in [-0.3, -0.25) is 0 Å². The highest BCUT2D eigenvalue weighted by Gasteiger charge is 2.03. The summed E-state index contributed by atoms with van der Waals surface area (Å²) in [7, 11) is 0. The van der Waals surface area contributed by atoms with Crippen molar-refractivity contribution in [3.05, 3.63) is 47.4 Å². The molecule has 1 aromatic carbocycles. The molecule has 0 aliphatic carbocycles. The second-order valence-corrected chi connectivity index (χ2v) is 3.86. The van der Waals surface area contributed by atoms with Crippen LogP contribution in [0.15, 0.2) is 40.8 Å². The van der Waals surface area contributed by atoms with E-state index in [0.717, 1.165) is 17.2 Å². The molecular formula is C13H14ClNO2. The fourth-order valence-electron chi connectivity index (χ4n) is 1.52. The van der Waals surface area contributed by atoms with Crippen LogP contribution in [0.5, 0.6) is 5.75 Å². The average molecular weight is 252 g/mol. The predicted molar refractivity (Wildman–Crippen MR) is 68.7 cm³/mol. The van der Waals surface area contributed by atoms with Gasteiger partial charge in [0.05, 0.1) is 18.8 Å². The van der Waals surface area contributed by atoms with Gasteiger partial charge in [0.1, 0.15) is 11.5 Å². The van der Waals surface area contributed by atoms with Gasteiger partial charge in [0.15, 0.2) is 5.22 Å². The van der Waals surface area contributed by atoms with Crippen molar-refractivity contribution in [1.82, 2.24) is 0 Å². The monoisotopic (exact) mass is 251 g/mol. The van der Waals surface area contributed by atoms with Crippen LogP contribution in [0.25, 0.3) is 0 Å². The molecule has 1 aromatic heterocycles. The topological polar surface area (TPSA) is 34.4 Å². The van der Waals surface area contributed by atoms with E-state index in [9.17, 15) is 0 Å². The number of hydrogen-bond donors (Lipinski definition) is 1. The molecule has 0 saturated carbocycles. The number of benzene rings is 1. The number of ether oxygens (including phenoxy) is 1. The lowest BCUT2D eigenvalue weighted by atomic mass is 10.3. The first-order valence-corrected chi connectivity index (χ1v) is 5.87. The van der Waals surface area contributed by atoms with Gasteiger partial charge in [-0.2, -0.15) is 0 Å². The van der Waals surface area contributed by atoms with Crippen LogP contribution in [0.3, 0.4) is 0 Å². The van der Waals surface area contributed by atoms with Gasteiger partial charge in [0.25, 0.3) is 0 Å². The average Bonchev–Trinajstić information content (AvgIpc) is 2.74. The summed E-state index contributed by atoms with van der Waals surface area (Å²) in [6, 6.07) is 11.4. The van der Waals surface area contributed by atoms with Crippen LogP contribution in [-0.2, 0) is 6.54 Å². The molecule has 0 atom stereocenters. The van der Waals surface area contributed by atoms with Gasteiger partial charge >= 0.3 is 0 Å². The summed E-state index contributed by atoms with van der Waals surface area (Å²) in [6.07, 6.45) is 0. The summed E-state index contributed by atoms with van der Waals surface area (Å²) in [6.45, 7) is 3.19. The van der Waals surface area contributed by atoms with Gasteiger partial charge in [-0.15, -0.1) is 0 Å². The van der Waals surface area contributed by atoms with E-state index in [4.69, 9.17) is 20.8 Å². The highest BCUT2D eigenvalue weighted by atomic mass is 35.5. The third-order valence-corrected chi connectivity index (χ3v) is 2.47. The Morgan fingerprint density at radius 2 is 2.06 bits per heavy atom. The van der Waals surface area contributed by atoms with Crippen molar-refractivity contribution in [2.24, 2.45) is 0 Å². The molecule has 1 heterocycles. The molecule has 0 unspecified atom stereocenters. The molecule has 1 N–H and O–H groups in total. The highest BCUT2D eigenvalue weighted by Crippen LogP contribution is 2.24. The van der Waals surface area contributed by atoms with E-state index >= 15 is 0 Å². The van der Waals surface area contributed by atoms with Gasteiger partial charge in [-0.1, -0.05) is 12.1 Å². The van der Waals surface area contributed by atoms with E-state index in [0.29, 0.717) is 18.4 Å². The van der Waals surface area contributed by atoms with Crippen LogP contribution < -0.4 is 10.1 Å². The number of rotatable bonds is 5. The molecule has 17 heavy (non-hydrogen) atoms. The molecule has 0 fully saturated rings. The number of anilines is 1. The van der Waals surface area contributed by atoms with Crippen molar-refractivity contribution in [3.63, 3.8) is 0 Å². The molecule has 2 rings (SSSR count). The summed E-state index contributed by atoms with van der Waals surface area (Å²) in [5, 5.41) is 3.65. The smallest absolute Gasteiger partial charge is 0.193 e. The highest BCUT2D eigenvalue weighted by molar-refractivity contribution is 6.28. The maximum absolute atomic E-state index is 5.70. The Balaban J connectivity index is 2.03. The third kappa shape index (κ3) is 3.17. The number of furan rings is 1. The fraction of sp³-hybridized carbons (Fsp3) is 0.231. The van der Waals surface area contributed by atoms with E-state index in [1.54, 1.807) is 6.07 Å². The van der Waals surface area contributed by atoms with Crippen molar-refractivity contribution >= 4 is 17.3 Å². The van der Waals surface area contributed by atoms with Crippen LogP contribution in [-0.4, -0.2) is 6.61 Å². The first kappa shape index (κ1) is 11.9. The molecule has 2 aromatic rings. The molecule has 0 amide bonds. The maximum Gasteiger partial charge on any atom is 0.193 e. The minimum Gasteiger partial charge on any atom is -0.492 e. The normalized spacial score (nSPS) is 10.2. The van der Waals surface area contributed by atoms with E-state index in [2.05, 4.69) is 5.32 Å². The Hall–Kier alpha value is -1.61. The van der Waals surface area contributed by atoms with Gasteiger partial charge in [0.2, 0.25) is 0 Å². The second kappa shape index (κ2) is 5.64. The summed E-state index contributed by atoms with van der Waals surface area (Å²) in [4.78, 5) is 0. The van der Waals surface area contributed by atoms with Crippen LogP contribution in [0.1, 0.15) is 12.7 Å². The van der Waals surface area contributed by atoms with Crippen molar-refractivity contribution in [3.8, 4) is 5.75 Å². The van der Waals surface area contributed by atoms with E-state index in [1.165, 1.54) is 0 Å². The predicted octanol–water partition coefficient (Wildman–Crippen LogP) is 3.94. The SMILES string of the molecule is CCOc1ccccc1NCc1ccc(Cl)o1. The van der Waals surface area contributed by atoms with Gasteiger partial charge in [-0.05, 0) is 42.8 Å². The molecule has 0 bridgehead atoms. The van der Waals surface area contributed by atoms with Crippen molar-refractivity contribution in [2.75, 3.05) is 11.9 Å². The van der Waals surface area contributed by atoms with E-state index < -0.39 is 0 Å². The molecule has 0 aliphatic heterocycles. The molecular weight excluding hydrogens is 238 g/mol. The second-order valence-electron chi connectivity index (χ2n) is 3.49. The molecule has 0 aliphatic rings. The summed E-state index contributed by atoms with van der Waals surface area (Å²) in [5.74, 6) is 1.63. The summed E-state index contributed by atoms with van der Waals surface area (Å²) in [5.41, 5.74) is 0.946. The number of halogens is 1. The molecule has 0 radical (unpaired) electrons. The quantitative estimate of drug-likeness (QED) is 0.874. The number of nitrogens with one attached hydrogen (secondary N) is 1. The largest absolute Gasteiger partial charge is 0.492 e. The Morgan fingerprint density at radius 3 is 2.76 bits per heavy atom. The molecule has 3 nitrogen and oxygen atoms in total. The van der Waals surface area contributed by atoms with Gasteiger partial charge < -0.3 is 14.5 Å². The molecule has 0 saturated heterocycles.